The lowest BCUT2D eigenvalue weighted by atomic mass is 10.0. The lowest BCUT2D eigenvalue weighted by molar-refractivity contribution is 0.414. The molecule has 0 fully saturated rings. The van der Waals surface area contributed by atoms with E-state index >= 15 is 0 Å². The van der Waals surface area contributed by atoms with Crippen LogP contribution >= 0.6 is 11.3 Å². The highest BCUT2D eigenvalue weighted by Gasteiger charge is 2.08. The zero-order chi connectivity index (χ0) is 12.8. The highest BCUT2D eigenvalue weighted by atomic mass is 32.1. The molecule has 2 aromatic rings. The van der Waals surface area contributed by atoms with E-state index in [0.29, 0.717) is 6.04 Å². The zero-order valence-electron chi connectivity index (χ0n) is 10.8. The Kier molecular flexibility index (Phi) is 4.79. The van der Waals surface area contributed by atoms with Crippen molar-refractivity contribution < 1.29 is 4.74 Å². The Hall–Kier alpha value is -1.32. The molecule has 0 aliphatic heterocycles. The second-order valence-corrected chi connectivity index (χ2v) is 5.03. The molecule has 3 heteroatoms. The molecule has 1 aromatic carbocycles. The van der Waals surface area contributed by atoms with Crippen LogP contribution in [-0.4, -0.2) is 7.11 Å². The number of hydrogen-bond donors (Lipinski definition) is 1. The molecular weight excluding hydrogens is 242 g/mol. The topological polar surface area (TPSA) is 21.3 Å². The fourth-order valence-electron chi connectivity index (χ4n) is 1.97. The van der Waals surface area contributed by atoms with Gasteiger partial charge < -0.3 is 10.1 Å². The Balaban J connectivity index is 1.98. The number of hydrogen-bond acceptors (Lipinski definition) is 3. The normalized spacial score (nSPS) is 12.3. The Morgan fingerprint density at radius 3 is 2.56 bits per heavy atom. The molecule has 96 valence electrons. The fraction of sp³-hybridized carbons (Fsp3) is 0.333. The maximum atomic E-state index is 5.18. The Bertz CT molecular complexity index is 450. The van der Waals surface area contributed by atoms with E-state index in [9.17, 15) is 0 Å². The Morgan fingerprint density at radius 2 is 2.00 bits per heavy atom. The van der Waals surface area contributed by atoms with Gasteiger partial charge in [0.15, 0.2) is 0 Å². The third kappa shape index (κ3) is 3.34. The number of ether oxygens (including phenoxy) is 1. The Morgan fingerprint density at radius 1 is 1.22 bits per heavy atom. The minimum atomic E-state index is 0.399. The van der Waals surface area contributed by atoms with Crippen LogP contribution in [0.3, 0.4) is 0 Å². The summed E-state index contributed by atoms with van der Waals surface area (Å²) in [5, 5.41) is 7.90. The molecule has 0 saturated heterocycles. The van der Waals surface area contributed by atoms with Gasteiger partial charge in [-0.05, 0) is 46.5 Å². The molecule has 1 N–H and O–H groups in total. The molecule has 0 aliphatic carbocycles. The van der Waals surface area contributed by atoms with Gasteiger partial charge in [-0.25, -0.2) is 0 Å². The molecule has 0 bridgehead atoms. The van der Waals surface area contributed by atoms with Crippen LogP contribution in [0.5, 0.6) is 5.75 Å². The van der Waals surface area contributed by atoms with Crippen molar-refractivity contribution in [3.8, 4) is 5.75 Å². The van der Waals surface area contributed by atoms with E-state index in [1.165, 1.54) is 11.1 Å². The van der Waals surface area contributed by atoms with Gasteiger partial charge in [0.1, 0.15) is 5.75 Å². The summed E-state index contributed by atoms with van der Waals surface area (Å²) < 4.78 is 5.18. The van der Waals surface area contributed by atoms with Crippen LogP contribution in [0.2, 0.25) is 0 Å². The van der Waals surface area contributed by atoms with E-state index in [-0.39, 0.29) is 0 Å². The van der Waals surface area contributed by atoms with E-state index < -0.39 is 0 Å². The number of methoxy groups -OCH3 is 1. The summed E-state index contributed by atoms with van der Waals surface area (Å²) in [6, 6.07) is 10.9. The lowest BCUT2D eigenvalue weighted by Crippen LogP contribution is -2.19. The van der Waals surface area contributed by atoms with Crippen molar-refractivity contribution in [2.45, 2.75) is 25.9 Å². The summed E-state index contributed by atoms with van der Waals surface area (Å²) >= 11 is 1.74. The van der Waals surface area contributed by atoms with Gasteiger partial charge in [-0.3, -0.25) is 0 Å². The third-order valence-electron chi connectivity index (χ3n) is 3.06. The Labute approximate surface area is 113 Å². The van der Waals surface area contributed by atoms with Crippen molar-refractivity contribution in [3.05, 3.63) is 52.2 Å². The summed E-state index contributed by atoms with van der Waals surface area (Å²) in [5.41, 5.74) is 2.67. The second-order valence-electron chi connectivity index (χ2n) is 4.25. The molecule has 2 rings (SSSR count). The van der Waals surface area contributed by atoms with E-state index in [4.69, 9.17) is 4.74 Å². The van der Waals surface area contributed by atoms with Crippen molar-refractivity contribution in [2.75, 3.05) is 7.11 Å². The molecule has 0 amide bonds. The molecule has 0 aliphatic rings. The fourth-order valence-corrected chi connectivity index (χ4v) is 2.64. The smallest absolute Gasteiger partial charge is 0.118 e. The van der Waals surface area contributed by atoms with Crippen LogP contribution in [0, 0.1) is 0 Å². The first-order chi connectivity index (χ1) is 8.83. The van der Waals surface area contributed by atoms with Crippen molar-refractivity contribution in [2.24, 2.45) is 0 Å². The highest BCUT2D eigenvalue weighted by Crippen LogP contribution is 2.20. The molecule has 0 radical (unpaired) electrons. The summed E-state index contributed by atoms with van der Waals surface area (Å²) in [6.45, 7) is 3.13. The zero-order valence-corrected chi connectivity index (χ0v) is 11.7. The molecule has 1 unspecified atom stereocenters. The second kappa shape index (κ2) is 6.57. The molecule has 1 heterocycles. The highest BCUT2D eigenvalue weighted by molar-refractivity contribution is 7.07. The molecule has 1 atom stereocenters. The molecular formula is C15H19NOS. The lowest BCUT2D eigenvalue weighted by Gasteiger charge is -2.17. The SMILES string of the molecule is CCC(NCc1ccsc1)c1ccc(OC)cc1. The predicted molar refractivity (Wildman–Crippen MR) is 77.2 cm³/mol. The van der Waals surface area contributed by atoms with Gasteiger partial charge in [-0.1, -0.05) is 19.1 Å². The van der Waals surface area contributed by atoms with Crippen LogP contribution in [0.4, 0.5) is 0 Å². The molecule has 1 aromatic heterocycles. The first-order valence-corrected chi connectivity index (χ1v) is 7.16. The van der Waals surface area contributed by atoms with Crippen LogP contribution in [0.15, 0.2) is 41.1 Å². The van der Waals surface area contributed by atoms with E-state index in [1.807, 2.05) is 12.1 Å². The van der Waals surface area contributed by atoms with Crippen molar-refractivity contribution in [1.29, 1.82) is 0 Å². The van der Waals surface area contributed by atoms with Crippen molar-refractivity contribution in [1.82, 2.24) is 5.32 Å². The van der Waals surface area contributed by atoms with Crippen LogP contribution in [-0.2, 0) is 6.54 Å². The molecule has 18 heavy (non-hydrogen) atoms. The van der Waals surface area contributed by atoms with Gasteiger partial charge in [0.25, 0.3) is 0 Å². The van der Waals surface area contributed by atoms with E-state index in [2.05, 4.69) is 41.2 Å². The molecule has 2 nitrogen and oxygen atoms in total. The maximum Gasteiger partial charge on any atom is 0.118 e. The maximum absolute atomic E-state index is 5.18. The average Bonchev–Trinajstić information content (AvgIpc) is 2.93. The van der Waals surface area contributed by atoms with Gasteiger partial charge in [-0.2, -0.15) is 11.3 Å². The van der Waals surface area contributed by atoms with Crippen LogP contribution < -0.4 is 10.1 Å². The third-order valence-corrected chi connectivity index (χ3v) is 3.79. The average molecular weight is 261 g/mol. The van der Waals surface area contributed by atoms with Crippen LogP contribution in [0.25, 0.3) is 0 Å². The van der Waals surface area contributed by atoms with E-state index in [1.54, 1.807) is 18.4 Å². The van der Waals surface area contributed by atoms with E-state index in [0.717, 1.165) is 18.7 Å². The van der Waals surface area contributed by atoms with Crippen LogP contribution in [0.1, 0.15) is 30.5 Å². The summed E-state index contributed by atoms with van der Waals surface area (Å²) in [4.78, 5) is 0. The van der Waals surface area contributed by atoms with Crippen molar-refractivity contribution in [3.63, 3.8) is 0 Å². The monoisotopic (exact) mass is 261 g/mol. The summed E-state index contributed by atoms with van der Waals surface area (Å²) in [6.07, 6.45) is 1.08. The minimum absolute atomic E-state index is 0.399. The standard InChI is InChI=1S/C15H19NOS/c1-3-15(16-10-12-8-9-18-11-12)13-4-6-14(17-2)7-5-13/h4-9,11,15-16H,3,10H2,1-2H3. The largest absolute Gasteiger partial charge is 0.497 e. The van der Waals surface area contributed by atoms with Crippen molar-refractivity contribution >= 4 is 11.3 Å². The van der Waals surface area contributed by atoms with Gasteiger partial charge in [-0.15, -0.1) is 0 Å². The number of nitrogens with one attached hydrogen (secondary N) is 1. The number of thiophene rings is 1. The quantitative estimate of drug-likeness (QED) is 0.848. The van der Waals surface area contributed by atoms with Gasteiger partial charge in [0.05, 0.1) is 7.11 Å². The summed E-state index contributed by atoms with van der Waals surface area (Å²) in [5.74, 6) is 0.909. The molecule has 0 saturated carbocycles. The first-order valence-electron chi connectivity index (χ1n) is 6.22. The van der Waals surface area contributed by atoms with Gasteiger partial charge in [0, 0.05) is 12.6 Å². The number of rotatable bonds is 6. The first kappa shape index (κ1) is 13.1. The minimum Gasteiger partial charge on any atom is -0.497 e. The van der Waals surface area contributed by atoms with Gasteiger partial charge >= 0.3 is 0 Å². The summed E-state index contributed by atoms with van der Waals surface area (Å²) in [7, 11) is 1.70. The predicted octanol–water partition coefficient (Wildman–Crippen LogP) is 4.00. The number of benzene rings is 1. The van der Waals surface area contributed by atoms with Gasteiger partial charge in [0.2, 0.25) is 0 Å². The molecule has 0 spiro atoms.